The fraction of sp³-hybridized carbons (Fsp3) is 0.296. The van der Waals surface area contributed by atoms with Crippen LogP contribution in [-0.2, 0) is 0 Å². The molecule has 0 unspecified atom stereocenters. The van der Waals surface area contributed by atoms with Gasteiger partial charge in [-0.15, -0.1) is 11.3 Å². The van der Waals surface area contributed by atoms with Gasteiger partial charge in [-0.3, -0.25) is 4.79 Å². The van der Waals surface area contributed by atoms with Crippen molar-refractivity contribution in [1.29, 1.82) is 0 Å². The Labute approximate surface area is 203 Å². The van der Waals surface area contributed by atoms with Gasteiger partial charge in [-0.1, -0.05) is 24.3 Å². The molecular formula is C27H27N3O3S. The van der Waals surface area contributed by atoms with E-state index in [1.54, 1.807) is 24.7 Å². The summed E-state index contributed by atoms with van der Waals surface area (Å²) in [6.07, 6.45) is 5.18. The summed E-state index contributed by atoms with van der Waals surface area (Å²) in [5.41, 5.74) is 6.83. The Morgan fingerprint density at radius 1 is 1.06 bits per heavy atom. The number of methoxy groups -OCH3 is 2. The summed E-state index contributed by atoms with van der Waals surface area (Å²) < 4.78 is 10.6. The smallest absolute Gasteiger partial charge is 0.286 e. The zero-order valence-electron chi connectivity index (χ0n) is 19.5. The lowest BCUT2D eigenvalue weighted by molar-refractivity contribution is 0.0685. The van der Waals surface area contributed by atoms with Crippen LogP contribution < -0.4 is 9.47 Å². The first-order valence-corrected chi connectivity index (χ1v) is 12.3. The molecule has 1 aliphatic heterocycles. The highest BCUT2D eigenvalue weighted by Gasteiger charge is 2.44. The number of fused-ring (bicyclic) bond motifs is 1. The molecule has 7 heteroatoms. The lowest BCUT2D eigenvalue weighted by atomic mass is 9.77. The molecule has 6 nitrogen and oxygen atoms in total. The van der Waals surface area contributed by atoms with Gasteiger partial charge in [0.1, 0.15) is 16.4 Å². The minimum absolute atomic E-state index is 0.0912. The van der Waals surface area contributed by atoms with Gasteiger partial charge in [-0.2, -0.15) is 5.10 Å². The van der Waals surface area contributed by atoms with Crippen LogP contribution >= 0.6 is 11.3 Å². The summed E-state index contributed by atoms with van der Waals surface area (Å²) in [6.45, 7) is 1.87. The van der Waals surface area contributed by atoms with Crippen molar-refractivity contribution in [3.05, 3.63) is 81.3 Å². The first kappa shape index (κ1) is 22.3. The van der Waals surface area contributed by atoms with Gasteiger partial charge >= 0.3 is 0 Å². The minimum atomic E-state index is -0.158. The Morgan fingerprint density at radius 2 is 1.74 bits per heavy atom. The second-order valence-electron chi connectivity index (χ2n) is 8.56. The van der Waals surface area contributed by atoms with Crippen molar-refractivity contribution < 1.29 is 14.3 Å². The van der Waals surface area contributed by atoms with Gasteiger partial charge in [-0.25, -0.2) is 9.99 Å². The summed E-state index contributed by atoms with van der Waals surface area (Å²) in [5, 5.41) is 6.66. The van der Waals surface area contributed by atoms with Gasteiger partial charge in [0.05, 0.1) is 37.2 Å². The van der Waals surface area contributed by atoms with Crippen LogP contribution in [0.4, 0.5) is 0 Å². The normalized spacial score (nSPS) is 20.7. The highest BCUT2D eigenvalue weighted by atomic mass is 32.1. The Morgan fingerprint density at radius 3 is 2.35 bits per heavy atom. The quantitative estimate of drug-likeness (QED) is 0.462. The van der Waals surface area contributed by atoms with E-state index in [2.05, 4.69) is 23.2 Å². The van der Waals surface area contributed by atoms with Gasteiger partial charge in [-0.05, 0) is 73.2 Å². The molecule has 2 aromatic carbocycles. The van der Waals surface area contributed by atoms with E-state index in [-0.39, 0.29) is 17.9 Å². The van der Waals surface area contributed by atoms with E-state index in [9.17, 15) is 4.79 Å². The van der Waals surface area contributed by atoms with Crippen molar-refractivity contribution in [2.45, 2.75) is 32.2 Å². The van der Waals surface area contributed by atoms with E-state index < -0.39 is 0 Å². The molecule has 0 bridgehead atoms. The number of carbonyl (C=O) groups is 1. The van der Waals surface area contributed by atoms with E-state index >= 15 is 0 Å². The van der Waals surface area contributed by atoms with Crippen LogP contribution in [-0.4, -0.2) is 35.8 Å². The molecule has 2 heterocycles. The van der Waals surface area contributed by atoms with Crippen molar-refractivity contribution >= 4 is 29.0 Å². The highest BCUT2D eigenvalue weighted by molar-refractivity contribution is 7.11. The summed E-state index contributed by atoms with van der Waals surface area (Å²) >= 11 is 1.37. The molecule has 34 heavy (non-hydrogen) atoms. The Hall–Kier alpha value is -3.45. The number of amides is 1. The lowest BCUT2D eigenvalue weighted by Gasteiger charge is -2.29. The van der Waals surface area contributed by atoms with Crippen molar-refractivity contribution in [3.8, 4) is 11.5 Å². The maximum absolute atomic E-state index is 13.6. The second kappa shape index (κ2) is 9.43. The molecule has 174 valence electrons. The number of ether oxygens (including phenoxy) is 2. The van der Waals surface area contributed by atoms with Gasteiger partial charge in [0.2, 0.25) is 0 Å². The van der Waals surface area contributed by atoms with Gasteiger partial charge in [0, 0.05) is 5.92 Å². The molecule has 5 rings (SSSR count). The average molecular weight is 474 g/mol. The summed E-state index contributed by atoms with van der Waals surface area (Å²) in [5.74, 6) is 1.68. The first-order valence-electron chi connectivity index (χ1n) is 11.4. The van der Waals surface area contributed by atoms with Crippen LogP contribution in [0.5, 0.6) is 11.5 Å². The molecule has 0 saturated heterocycles. The number of hydrogen-bond donors (Lipinski definition) is 0. The molecule has 1 amide bonds. The molecule has 2 atom stereocenters. The van der Waals surface area contributed by atoms with E-state index in [0.717, 1.165) is 53.3 Å². The van der Waals surface area contributed by atoms with Crippen LogP contribution in [0.3, 0.4) is 0 Å². The minimum Gasteiger partial charge on any atom is -0.497 e. The van der Waals surface area contributed by atoms with Crippen molar-refractivity contribution in [3.63, 3.8) is 0 Å². The first-order chi connectivity index (χ1) is 16.6. The maximum atomic E-state index is 13.6. The van der Waals surface area contributed by atoms with Crippen LogP contribution in [0.1, 0.15) is 51.8 Å². The topological polar surface area (TPSA) is 64.0 Å². The number of benzene rings is 2. The third-order valence-electron chi connectivity index (χ3n) is 6.56. The van der Waals surface area contributed by atoms with E-state index in [1.807, 2.05) is 43.3 Å². The molecule has 2 aliphatic rings. The van der Waals surface area contributed by atoms with Crippen LogP contribution in [0, 0.1) is 12.8 Å². The lowest BCUT2D eigenvalue weighted by Crippen LogP contribution is -2.31. The van der Waals surface area contributed by atoms with Crippen LogP contribution in [0.15, 0.2) is 64.7 Å². The van der Waals surface area contributed by atoms with E-state index in [4.69, 9.17) is 14.6 Å². The van der Waals surface area contributed by atoms with Gasteiger partial charge in [0.15, 0.2) is 0 Å². The summed E-state index contributed by atoms with van der Waals surface area (Å²) in [4.78, 5) is 18.6. The molecule has 0 radical (unpaired) electrons. The number of nitrogens with zero attached hydrogens (tertiary/aromatic N) is 3. The Balaban J connectivity index is 1.55. The average Bonchev–Trinajstić information content (AvgIpc) is 3.48. The molecule has 1 aromatic heterocycles. The highest BCUT2D eigenvalue weighted by Crippen LogP contribution is 2.45. The van der Waals surface area contributed by atoms with Crippen LogP contribution in [0.25, 0.3) is 6.08 Å². The SMILES string of the molecule is COc1ccc(/C=C2\CCC[C@H]3C2=NN(C(=O)c2scnc2C)[C@H]3c2ccc(OC)cc2)cc1. The molecule has 1 saturated carbocycles. The number of allylic oxidation sites excluding steroid dienone is 1. The summed E-state index contributed by atoms with van der Waals surface area (Å²) in [7, 11) is 3.33. The maximum Gasteiger partial charge on any atom is 0.286 e. The van der Waals surface area contributed by atoms with Crippen molar-refractivity contribution in [2.75, 3.05) is 14.2 Å². The Kier molecular flexibility index (Phi) is 6.20. The van der Waals surface area contributed by atoms with E-state index in [1.165, 1.54) is 16.9 Å². The largest absolute Gasteiger partial charge is 0.497 e. The van der Waals surface area contributed by atoms with Crippen molar-refractivity contribution in [1.82, 2.24) is 9.99 Å². The van der Waals surface area contributed by atoms with E-state index in [0.29, 0.717) is 4.88 Å². The monoisotopic (exact) mass is 473 g/mol. The zero-order valence-corrected chi connectivity index (χ0v) is 20.3. The number of thiazole rings is 1. The second-order valence-corrected chi connectivity index (χ2v) is 9.42. The predicted molar refractivity (Wildman–Crippen MR) is 135 cm³/mol. The molecule has 1 aliphatic carbocycles. The number of aryl methyl sites for hydroxylation is 1. The standard InChI is InChI=1S/C27H27N3O3S/c1-17-26(34-16-28-17)27(31)30-25(19-9-13-22(33-3)14-10-19)23-6-4-5-20(24(23)29-30)15-18-7-11-21(32-2)12-8-18/h7-16,23,25H,4-6H2,1-3H3/b20-15+/t23-,25-/m0/s1. The summed E-state index contributed by atoms with van der Waals surface area (Å²) in [6, 6.07) is 15.9. The van der Waals surface area contributed by atoms with Crippen molar-refractivity contribution in [2.24, 2.45) is 11.0 Å². The third-order valence-corrected chi connectivity index (χ3v) is 7.48. The number of rotatable bonds is 5. The zero-order chi connectivity index (χ0) is 23.7. The van der Waals surface area contributed by atoms with Gasteiger partial charge < -0.3 is 9.47 Å². The molecule has 1 fully saturated rings. The number of carbonyl (C=O) groups excluding carboxylic acids is 1. The predicted octanol–water partition coefficient (Wildman–Crippen LogP) is 5.91. The fourth-order valence-corrected chi connectivity index (χ4v) is 5.55. The Bertz CT molecular complexity index is 1240. The fourth-order valence-electron chi connectivity index (χ4n) is 4.81. The number of aromatic nitrogens is 1. The molecule has 3 aromatic rings. The number of hydrogen-bond acceptors (Lipinski definition) is 6. The molecule has 0 N–H and O–H groups in total. The molecular weight excluding hydrogens is 446 g/mol. The van der Waals surface area contributed by atoms with Gasteiger partial charge in [0.25, 0.3) is 5.91 Å². The molecule has 0 spiro atoms. The number of hydrazone groups is 1. The van der Waals surface area contributed by atoms with Crippen LogP contribution in [0.2, 0.25) is 0 Å². The third kappa shape index (κ3) is 4.12.